The molecule has 1 heterocycles. The van der Waals surface area contributed by atoms with Crippen LogP contribution in [0.1, 0.15) is 12.5 Å². The highest BCUT2D eigenvalue weighted by molar-refractivity contribution is 8.00. The van der Waals surface area contributed by atoms with Crippen LogP contribution in [0.15, 0.2) is 36.7 Å². The Labute approximate surface area is 193 Å². The van der Waals surface area contributed by atoms with Crippen molar-refractivity contribution in [2.75, 3.05) is 29.1 Å². The summed E-state index contributed by atoms with van der Waals surface area (Å²) in [5.74, 6) is 3.76. The van der Waals surface area contributed by atoms with Gasteiger partial charge in [-0.3, -0.25) is 0 Å². The van der Waals surface area contributed by atoms with E-state index in [9.17, 15) is 17.0 Å². The van der Waals surface area contributed by atoms with Crippen molar-refractivity contribution in [2.24, 2.45) is 0 Å². The number of nitrogens with one attached hydrogen (secondary N) is 3. The van der Waals surface area contributed by atoms with Crippen molar-refractivity contribution in [3.8, 4) is 5.75 Å². The van der Waals surface area contributed by atoms with E-state index in [2.05, 4.69) is 30.6 Å². The lowest BCUT2D eigenvalue weighted by molar-refractivity contribution is 0.225. The lowest BCUT2D eigenvalue weighted by Crippen LogP contribution is -2.32. The average molecular weight is 496 g/mol. The van der Waals surface area contributed by atoms with Crippen LogP contribution in [0.25, 0.3) is 10.9 Å². The summed E-state index contributed by atoms with van der Waals surface area (Å²) in [7, 11) is -5.85. The molecule has 33 heavy (non-hydrogen) atoms. The molecular weight excluding hydrogens is 469 g/mol. The van der Waals surface area contributed by atoms with Crippen molar-refractivity contribution in [1.82, 2.24) is 14.7 Å². The molecule has 0 spiro atoms. The number of nitrogens with zero attached hydrogens (tertiary/aromatic N) is 2. The lowest BCUT2D eigenvalue weighted by atomic mass is 10.1. The Bertz CT molecular complexity index is 1400. The number of sulfonamides is 1. The van der Waals surface area contributed by atoms with E-state index < -0.39 is 31.7 Å². The van der Waals surface area contributed by atoms with E-state index in [1.807, 2.05) is 13.0 Å². The summed E-state index contributed by atoms with van der Waals surface area (Å²) in [4.78, 5) is 8.63. The number of anilines is 3. The Hall–Kier alpha value is -2.96. The molecule has 0 saturated carbocycles. The van der Waals surface area contributed by atoms with Gasteiger partial charge >= 0.3 is 0 Å². The molecule has 0 aliphatic rings. The number of hydrogen-bond donors (Lipinski definition) is 3. The van der Waals surface area contributed by atoms with Crippen LogP contribution < -0.4 is 19.5 Å². The molecule has 2 atom stereocenters. The van der Waals surface area contributed by atoms with Crippen molar-refractivity contribution in [3.05, 3.63) is 48.0 Å². The standard InChI is InChI=1S/C21H26FN5O4S2/c1-13-8-16(27-32(3,4)28)10-18-20(13)21(24-12-23-18)26-17-7-6-15(22)9-19(17)31-14(2)11-25-33(5,29)30/h6-10,12,14,25H,3,11H2,1-2,4-5H3,(H,27,28)(H,23,24,26)/t14-,32?/m1/s1. The maximum atomic E-state index is 13.9. The smallest absolute Gasteiger partial charge is 0.208 e. The van der Waals surface area contributed by atoms with Gasteiger partial charge in [0.25, 0.3) is 0 Å². The van der Waals surface area contributed by atoms with Crippen LogP contribution in [-0.4, -0.2) is 53.6 Å². The van der Waals surface area contributed by atoms with E-state index in [-0.39, 0.29) is 12.3 Å². The molecule has 0 bridgehead atoms. The number of halogens is 1. The average Bonchev–Trinajstić information content (AvgIpc) is 2.66. The monoisotopic (exact) mass is 495 g/mol. The van der Waals surface area contributed by atoms with Gasteiger partial charge in [-0.1, -0.05) is 0 Å². The molecule has 178 valence electrons. The topological polar surface area (TPSA) is 122 Å². The van der Waals surface area contributed by atoms with E-state index in [1.165, 1.54) is 30.8 Å². The Kier molecular flexibility index (Phi) is 7.10. The van der Waals surface area contributed by atoms with E-state index in [1.54, 1.807) is 13.0 Å². The van der Waals surface area contributed by atoms with Crippen molar-refractivity contribution < 1.29 is 21.8 Å². The van der Waals surface area contributed by atoms with Gasteiger partial charge < -0.3 is 14.8 Å². The molecule has 3 aromatic rings. The van der Waals surface area contributed by atoms with Gasteiger partial charge in [0.15, 0.2) is 0 Å². The van der Waals surface area contributed by atoms with Crippen molar-refractivity contribution >= 4 is 53.7 Å². The molecule has 0 aliphatic heterocycles. The fourth-order valence-corrected chi connectivity index (χ4v) is 4.30. The SMILES string of the molecule is C=S(C)(=O)Nc1cc(C)c2c(Nc3ccc(F)cc3O[C@H](C)CNS(C)(=O)=O)ncnc2c1. The molecular formula is C21H26FN5O4S2. The summed E-state index contributed by atoms with van der Waals surface area (Å²) in [6.45, 7) is 3.55. The van der Waals surface area contributed by atoms with Gasteiger partial charge in [-0.2, -0.15) is 0 Å². The minimum Gasteiger partial charge on any atom is -0.487 e. The summed E-state index contributed by atoms with van der Waals surface area (Å²) in [6, 6.07) is 7.55. The molecule has 0 radical (unpaired) electrons. The van der Waals surface area contributed by atoms with Crippen LogP contribution in [0.4, 0.5) is 21.6 Å². The third kappa shape index (κ3) is 7.01. The molecule has 9 nitrogen and oxygen atoms in total. The summed E-state index contributed by atoms with van der Waals surface area (Å²) < 4.78 is 59.6. The molecule has 1 unspecified atom stereocenters. The summed E-state index contributed by atoms with van der Waals surface area (Å²) in [5, 5.41) is 3.88. The number of rotatable bonds is 9. The summed E-state index contributed by atoms with van der Waals surface area (Å²) in [6.07, 6.45) is 3.37. The number of aryl methyl sites for hydroxylation is 1. The lowest BCUT2D eigenvalue weighted by Gasteiger charge is -2.19. The van der Waals surface area contributed by atoms with E-state index in [0.29, 0.717) is 22.7 Å². The molecule has 0 fully saturated rings. The molecule has 1 aromatic heterocycles. The largest absolute Gasteiger partial charge is 0.487 e. The number of hydrogen-bond acceptors (Lipinski definition) is 7. The molecule has 0 saturated heterocycles. The maximum absolute atomic E-state index is 13.9. The zero-order valence-electron chi connectivity index (χ0n) is 18.7. The van der Waals surface area contributed by atoms with Crippen LogP contribution >= 0.6 is 0 Å². The number of aromatic nitrogens is 2. The quantitative estimate of drug-likeness (QED) is 0.390. The molecule has 0 aliphatic carbocycles. The molecule has 2 aromatic carbocycles. The zero-order chi connectivity index (χ0) is 24.4. The van der Waals surface area contributed by atoms with Crippen molar-refractivity contribution in [3.63, 3.8) is 0 Å². The Morgan fingerprint density at radius 3 is 2.55 bits per heavy atom. The first-order valence-electron chi connectivity index (χ1n) is 9.84. The Morgan fingerprint density at radius 2 is 1.88 bits per heavy atom. The first-order valence-corrected chi connectivity index (χ1v) is 13.9. The molecule has 3 N–H and O–H groups in total. The normalized spacial score (nSPS) is 14.5. The highest BCUT2D eigenvalue weighted by atomic mass is 32.2. The third-order valence-corrected chi connectivity index (χ3v) is 5.79. The Morgan fingerprint density at radius 1 is 1.15 bits per heavy atom. The second-order valence-electron chi connectivity index (χ2n) is 7.83. The molecule has 12 heteroatoms. The van der Waals surface area contributed by atoms with Gasteiger partial charge in [0.1, 0.15) is 29.8 Å². The fourth-order valence-electron chi connectivity index (χ4n) is 3.15. The highest BCUT2D eigenvalue weighted by Gasteiger charge is 2.15. The van der Waals surface area contributed by atoms with Crippen molar-refractivity contribution in [2.45, 2.75) is 20.0 Å². The van der Waals surface area contributed by atoms with E-state index in [4.69, 9.17) is 4.74 Å². The van der Waals surface area contributed by atoms with Crippen LogP contribution in [0.5, 0.6) is 5.75 Å². The zero-order valence-corrected chi connectivity index (χ0v) is 20.3. The number of benzene rings is 2. The van der Waals surface area contributed by atoms with Gasteiger partial charge in [-0.25, -0.2) is 31.7 Å². The van der Waals surface area contributed by atoms with Gasteiger partial charge in [-0.15, -0.1) is 0 Å². The van der Waals surface area contributed by atoms with E-state index in [0.717, 1.165) is 17.2 Å². The van der Waals surface area contributed by atoms with Gasteiger partial charge in [0.2, 0.25) is 10.0 Å². The Balaban J connectivity index is 1.94. The summed E-state index contributed by atoms with van der Waals surface area (Å²) >= 11 is 0. The van der Waals surface area contributed by atoms with Crippen LogP contribution in [0.2, 0.25) is 0 Å². The third-order valence-electron chi connectivity index (χ3n) is 4.43. The van der Waals surface area contributed by atoms with Gasteiger partial charge in [0.05, 0.1) is 17.5 Å². The number of ether oxygens (including phenoxy) is 1. The predicted molar refractivity (Wildman–Crippen MR) is 132 cm³/mol. The first kappa shape index (κ1) is 24.7. The summed E-state index contributed by atoms with van der Waals surface area (Å²) in [5.41, 5.74) is 2.48. The molecule has 3 rings (SSSR count). The van der Waals surface area contributed by atoms with Crippen LogP contribution in [0, 0.1) is 12.7 Å². The first-order chi connectivity index (χ1) is 15.3. The minimum absolute atomic E-state index is 0.0209. The number of fused-ring (bicyclic) bond motifs is 1. The van der Waals surface area contributed by atoms with Crippen LogP contribution in [0.3, 0.4) is 0 Å². The van der Waals surface area contributed by atoms with Crippen LogP contribution in [-0.2, 0) is 19.7 Å². The van der Waals surface area contributed by atoms with E-state index >= 15 is 0 Å². The predicted octanol–water partition coefficient (Wildman–Crippen LogP) is 2.81. The molecule has 0 amide bonds. The van der Waals surface area contributed by atoms with Gasteiger partial charge in [0, 0.05) is 39.6 Å². The minimum atomic E-state index is -3.39. The highest BCUT2D eigenvalue weighted by Crippen LogP contribution is 2.33. The second-order valence-corrected chi connectivity index (χ2v) is 11.9. The van der Waals surface area contributed by atoms with Crippen molar-refractivity contribution in [1.29, 1.82) is 0 Å². The fraction of sp³-hybridized carbons (Fsp3) is 0.286. The maximum Gasteiger partial charge on any atom is 0.208 e. The second kappa shape index (κ2) is 9.49. The van der Waals surface area contributed by atoms with Gasteiger partial charge in [-0.05, 0) is 49.5 Å².